The van der Waals surface area contributed by atoms with Crippen LogP contribution < -0.4 is 10.4 Å². The molecule has 2 aliphatic rings. The number of halogens is 2. The minimum Gasteiger partial charge on any atom is -0.502 e. The monoisotopic (exact) mass is 487 g/mol. The van der Waals surface area contributed by atoms with Gasteiger partial charge < -0.3 is 10.0 Å². The van der Waals surface area contributed by atoms with Crippen LogP contribution in [0.25, 0.3) is 10.6 Å². The minimum absolute atomic E-state index is 0.0756. The van der Waals surface area contributed by atoms with Gasteiger partial charge in [-0.2, -0.15) is 0 Å². The Morgan fingerprint density at radius 1 is 1.24 bits per heavy atom. The number of carbonyl (C=O) groups is 1. The van der Waals surface area contributed by atoms with E-state index in [1.54, 1.807) is 11.9 Å². The van der Waals surface area contributed by atoms with Crippen LogP contribution in [0.15, 0.2) is 29.2 Å². The number of pyridine rings is 1. The maximum atomic E-state index is 14.0. The fourth-order valence-corrected chi connectivity index (χ4v) is 5.91. The normalized spacial score (nSPS) is 22.0. The largest absolute Gasteiger partial charge is 0.502 e. The maximum absolute atomic E-state index is 14.0. The van der Waals surface area contributed by atoms with E-state index in [1.165, 1.54) is 16.9 Å². The van der Waals surface area contributed by atoms with Crippen molar-refractivity contribution in [1.82, 2.24) is 19.8 Å². The van der Waals surface area contributed by atoms with Crippen LogP contribution in [0, 0.1) is 17.6 Å². The molecule has 2 unspecified atom stereocenters. The van der Waals surface area contributed by atoms with Gasteiger partial charge in [0.25, 0.3) is 5.91 Å². The molecule has 1 aromatic carbocycles. The fourth-order valence-electron chi connectivity index (χ4n) is 5.04. The summed E-state index contributed by atoms with van der Waals surface area (Å²) in [6.07, 6.45) is 4.07. The maximum Gasteiger partial charge on any atom is 0.278 e. The van der Waals surface area contributed by atoms with Crippen molar-refractivity contribution in [3.05, 3.63) is 62.5 Å². The zero-order valence-electron chi connectivity index (χ0n) is 18.9. The van der Waals surface area contributed by atoms with Gasteiger partial charge in [0.05, 0.1) is 5.56 Å². The summed E-state index contributed by atoms with van der Waals surface area (Å²) in [5.41, 5.74) is -1.04. The van der Waals surface area contributed by atoms with E-state index in [0.29, 0.717) is 10.9 Å². The molecule has 2 atom stereocenters. The molecule has 5 rings (SSSR count). The number of rotatable bonds is 3. The first-order chi connectivity index (χ1) is 16.1. The van der Waals surface area contributed by atoms with Crippen LogP contribution in [-0.2, 0) is 6.42 Å². The predicted octanol–water partition coefficient (Wildman–Crippen LogP) is 3.11. The quantitative estimate of drug-likeness (QED) is 0.611. The molecule has 0 bridgehead atoms. The second-order valence-electron chi connectivity index (χ2n) is 9.05. The molecule has 3 aromatic rings. The number of hydrogen-bond acceptors (Lipinski definition) is 7. The highest BCUT2D eigenvalue weighted by molar-refractivity contribution is 7.14. The topological polar surface area (TPSA) is 91.6 Å². The molecule has 34 heavy (non-hydrogen) atoms. The van der Waals surface area contributed by atoms with E-state index in [9.17, 15) is 23.5 Å². The predicted molar refractivity (Wildman–Crippen MR) is 122 cm³/mol. The molecule has 0 saturated heterocycles. The fraction of sp³-hybridized carbons (Fsp3) is 0.391. The van der Waals surface area contributed by atoms with Crippen molar-refractivity contribution in [3.63, 3.8) is 0 Å². The van der Waals surface area contributed by atoms with Gasteiger partial charge in [0.2, 0.25) is 5.43 Å². The van der Waals surface area contributed by atoms with Gasteiger partial charge in [-0.15, -0.1) is 10.2 Å². The second-order valence-corrected chi connectivity index (χ2v) is 10.1. The highest BCUT2D eigenvalue weighted by Gasteiger charge is 2.51. The van der Waals surface area contributed by atoms with Crippen molar-refractivity contribution in [3.8, 4) is 16.3 Å². The molecular formula is C23H23F2N5O3S. The lowest BCUT2D eigenvalue weighted by Gasteiger charge is -2.51. The summed E-state index contributed by atoms with van der Waals surface area (Å²) in [6.45, 7) is 2.14. The van der Waals surface area contributed by atoms with Crippen molar-refractivity contribution in [2.75, 3.05) is 19.1 Å². The number of carbonyl (C=O) groups excluding carboxylic acids is 1. The smallest absolute Gasteiger partial charge is 0.278 e. The Kier molecular flexibility index (Phi) is 5.19. The summed E-state index contributed by atoms with van der Waals surface area (Å²) in [4.78, 5) is 27.8. The van der Waals surface area contributed by atoms with Crippen molar-refractivity contribution in [1.29, 1.82) is 0 Å². The van der Waals surface area contributed by atoms with E-state index in [4.69, 9.17) is 0 Å². The Balaban J connectivity index is 1.56. The summed E-state index contributed by atoms with van der Waals surface area (Å²) in [7, 11) is 3.53. The zero-order valence-corrected chi connectivity index (χ0v) is 19.7. The highest BCUT2D eigenvalue weighted by Crippen LogP contribution is 2.43. The van der Waals surface area contributed by atoms with Crippen LogP contribution in [0.4, 0.5) is 8.78 Å². The first-order valence-corrected chi connectivity index (χ1v) is 11.7. The average molecular weight is 488 g/mol. The van der Waals surface area contributed by atoms with Crippen molar-refractivity contribution >= 4 is 17.2 Å². The molecule has 178 valence electrons. The summed E-state index contributed by atoms with van der Waals surface area (Å²) >= 11 is 1.07. The van der Waals surface area contributed by atoms with Crippen molar-refractivity contribution in [2.45, 2.75) is 38.3 Å². The molecule has 2 aromatic heterocycles. The standard InChI is InChI=1S/C23H23F2N5O3S/c1-12-6-7-23(10-12)28(2)22(33)18-20(32)19(31)15(11-30(18)29(23)3)21-27-26-17(34-21)8-13-4-5-14(24)9-16(13)25/h4-5,9,11-12,32H,6-8,10H2,1-3H3. The van der Waals surface area contributed by atoms with Crippen LogP contribution in [0.5, 0.6) is 5.75 Å². The number of nitrogens with zero attached hydrogens (tertiary/aromatic N) is 5. The van der Waals surface area contributed by atoms with Crippen molar-refractivity contribution in [2.24, 2.45) is 5.92 Å². The summed E-state index contributed by atoms with van der Waals surface area (Å²) in [6, 6.07) is 3.30. The molecule has 1 fully saturated rings. The lowest BCUT2D eigenvalue weighted by Crippen LogP contribution is -2.67. The van der Waals surface area contributed by atoms with E-state index in [2.05, 4.69) is 17.1 Å². The van der Waals surface area contributed by atoms with Gasteiger partial charge in [-0.1, -0.05) is 24.3 Å². The number of amides is 1. The third-order valence-corrected chi connectivity index (χ3v) is 7.95. The van der Waals surface area contributed by atoms with Crippen LogP contribution in [0.2, 0.25) is 0 Å². The molecule has 1 saturated carbocycles. The van der Waals surface area contributed by atoms with E-state index >= 15 is 0 Å². The SMILES string of the molecule is CC1CCC2(C1)N(C)C(=O)c1c(O)c(=O)c(-c3nnc(Cc4ccc(F)cc4F)s3)cn1N2C. The van der Waals surface area contributed by atoms with E-state index < -0.39 is 34.4 Å². The van der Waals surface area contributed by atoms with E-state index in [0.717, 1.165) is 42.7 Å². The Hall–Kier alpha value is -3.34. The van der Waals surface area contributed by atoms with Crippen molar-refractivity contribution < 1.29 is 18.7 Å². The first kappa shape index (κ1) is 22.5. The summed E-state index contributed by atoms with van der Waals surface area (Å²) < 4.78 is 28.8. The van der Waals surface area contributed by atoms with Crippen LogP contribution in [0.3, 0.4) is 0 Å². The Labute approximate surface area is 198 Å². The first-order valence-electron chi connectivity index (χ1n) is 10.9. The Morgan fingerprint density at radius 2 is 2.00 bits per heavy atom. The lowest BCUT2D eigenvalue weighted by molar-refractivity contribution is 0.0395. The number of aromatic hydroxyl groups is 1. The Bertz CT molecular complexity index is 1370. The van der Waals surface area contributed by atoms with Gasteiger partial charge in [0, 0.05) is 32.8 Å². The Morgan fingerprint density at radius 3 is 2.68 bits per heavy atom. The molecule has 1 amide bonds. The number of benzene rings is 1. The van der Waals surface area contributed by atoms with E-state index in [-0.39, 0.29) is 28.2 Å². The van der Waals surface area contributed by atoms with Gasteiger partial charge in [-0.25, -0.2) is 8.78 Å². The third kappa shape index (κ3) is 3.29. The summed E-state index contributed by atoms with van der Waals surface area (Å²) in [5.74, 6) is -2.01. The van der Waals surface area contributed by atoms with Gasteiger partial charge in [0.15, 0.2) is 16.5 Å². The van der Waals surface area contributed by atoms with E-state index in [1.807, 2.05) is 12.1 Å². The van der Waals surface area contributed by atoms with Crippen LogP contribution >= 0.6 is 11.3 Å². The van der Waals surface area contributed by atoms with Crippen LogP contribution in [0.1, 0.15) is 47.2 Å². The molecule has 1 N–H and O–H groups in total. The molecular weight excluding hydrogens is 464 g/mol. The third-order valence-electron chi connectivity index (χ3n) is 6.99. The van der Waals surface area contributed by atoms with Crippen LogP contribution in [-0.4, -0.2) is 50.5 Å². The molecule has 1 aliphatic carbocycles. The molecule has 3 heterocycles. The number of fused-ring (bicyclic) bond motifs is 1. The number of aromatic nitrogens is 3. The number of hydrogen-bond donors (Lipinski definition) is 1. The van der Waals surface area contributed by atoms with Gasteiger partial charge >= 0.3 is 0 Å². The summed E-state index contributed by atoms with van der Waals surface area (Å²) in [5, 5.41) is 21.4. The lowest BCUT2D eigenvalue weighted by atomic mass is 10.0. The molecule has 1 spiro atoms. The molecule has 1 aliphatic heterocycles. The van der Waals surface area contributed by atoms with Gasteiger partial charge in [0.1, 0.15) is 22.3 Å². The molecule has 11 heteroatoms. The molecule has 8 nitrogen and oxygen atoms in total. The average Bonchev–Trinajstić information content (AvgIpc) is 3.42. The van der Waals surface area contributed by atoms with Gasteiger partial charge in [-0.3, -0.25) is 19.3 Å². The highest BCUT2D eigenvalue weighted by atomic mass is 32.1. The second kappa shape index (κ2) is 7.86. The molecule has 0 radical (unpaired) electrons. The zero-order chi connectivity index (χ0) is 24.4. The minimum atomic E-state index is -0.729. The van der Waals surface area contributed by atoms with Gasteiger partial charge in [-0.05, 0) is 36.8 Å².